The molecule has 1 atom stereocenters. The number of rotatable bonds is 2. The minimum absolute atomic E-state index is 0.0688. The number of amides is 1. The van der Waals surface area contributed by atoms with Gasteiger partial charge in [0.2, 0.25) is 5.91 Å². The molecule has 0 N–H and O–H groups in total. The SMILES string of the molecule is COc1c(Br)cc(Cl)cc1N1CC(Br)CC1=O. The number of halogens is 3. The molecular weight excluding hydrogens is 373 g/mol. The third-order valence-electron chi connectivity index (χ3n) is 2.56. The van der Waals surface area contributed by atoms with Crippen LogP contribution in [-0.4, -0.2) is 24.4 Å². The van der Waals surface area contributed by atoms with Gasteiger partial charge in [-0.05, 0) is 28.1 Å². The summed E-state index contributed by atoms with van der Waals surface area (Å²) in [6.45, 7) is 0.627. The number of carbonyl (C=O) groups is 1. The van der Waals surface area contributed by atoms with E-state index in [4.69, 9.17) is 16.3 Å². The van der Waals surface area contributed by atoms with Crippen molar-refractivity contribution in [2.24, 2.45) is 0 Å². The number of anilines is 1. The second-order valence-corrected chi connectivity index (χ2v) is 6.33. The van der Waals surface area contributed by atoms with E-state index in [1.807, 2.05) is 0 Å². The molecule has 1 aliphatic rings. The highest BCUT2D eigenvalue weighted by molar-refractivity contribution is 9.10. The lowest BCUT2D eigenvalue weighted by atomic mass is 10.2. The van der Waals surface area contributed by atoms with Crippen molar-refractivity contribution in [1.29, 1.82) is 0 Å². The van der Waals surface area contributed by atoms with E-state index in [1.165, 1.54) is 0 Å². The van der Waals surface area contributed by atoms with E-state index in [2.05, 4.69) is 31.9 Å². The Hall–Kier alpha value is -0.260. The summed E-state index contributed by atoms with van der Waals surface area (Å²) < 4.78 is 6.06. The van der Waals surface area contributed by atoms with Crippen molar-refractivity contribution < 1.29 is 9.53 Å². The highest BCUT2D eigenvalue weighted by Crippen LogP contribution is 2.40. The van der Waals surface area contributed by atoms with Crippen LogP contribution >= 0.6 is 43.5 Å². The largest absolute Gasteiger partial charge is 0.493 e. The third-order valence-corrected chi connectivity index (χ3v) is 3.98. The highest BCUT2D eigenvalue weighted by atomic mass is 79.9. The molecule has 1 unspecified atom stereocenters. The molecule has 0 radical (unpaired) electrons. The van der Waals surface area contributed by atoms with Gasteiger partial charge in [-0.15, -0.1) is 0 Å². The Kier molecular flexibility index (Phi) is 4.00. The van der Waals surface area contributed by atoms with Crippen molar-refractivity contribution in [3.8, 4) is 5.75 Å². The molecule has 1 amide bonds. The molecule has 0 aliphatic carbocycles. The lowest BCUT2D eigenvalue weighted by Crippen LogP contribution is -2.25. The van der Waals surface area contributed by atoms with Crippen LogP contribution in [0.4, 0.5) is 5.69 Å². The van der Waals surface area contributed by atoms with Gasteiger partial charge in [0.15, 0.2) is 5.75 Å². The van der Waals surface area contributed by atoms with Crippen LogP contribution in [0.1, 0.15) is 6.42 Å². The van der Waals surface area contributed by atoms with Crippen molar-refractivity contribution in [1.82, 2.24) is 0 Å². The van der Waals surface area contributed by atoms with Gasteiger partial charge in [0.1, 0.15) is 0 Å². The number of benzene rings is 1. The van der Waals surface area contributed by atoms with Crippen molar-refractivity contribution in [3.05, 3.63) is 21.6 Å². The van der Waals surface area contributed by atoms with Gasteiger partial charge in [-0.3, -0.25) is 4.79 Å². The van der Waals surface area contributed by atoms with Gasteiger partial charge in [0.25, 0.3) is 0 Å². The lowest BCUT2D eigenvalue weighted by Gasteiger charge is -2.20. The van der Waals surface area contributed by atoms with Gasteiger partial charge in [-0.2, -0.15) is 0 Å². The average Bonchev–Trinajstić information content (AvgIpc) is 2.56. The summed E-state index contributed by atoms with van der Waals surface area (Å²) in [5, 5.41) is 0.568. The number of alkyl halides is 1. The number of ether oxygens (including phenoxy) is 1. The summed E-state index contributed by atoms with van der Waals surface area (Å²) in [5.41, 5.74) is 0.707. The molecule has 17 heavy (non-hydrogen) atoms. The van der Waals surface area contributed by atoms with Crippen LogP contribution in [-0.2, 0) is 4.79 Å². The van der Waals surface area contributed by atoms with Crippen LogP contribution in [0.25, 0.3) is 0 Å². The van der Waals surface area contributed by atoms with Crippen molar-refractivity contribution in [3.63, 3.8) is 0 Å². The summed E-state index contributed by atoms with van der Waals surface area (Å²) in [5.74, 6) is 0.698. The molecule has 6 heteroatoms. The standard InChI is InChI=1S/C11H10Br2ClNO2/c1-17-11-8(13)3-7(14)4-9(11)15-5-6(12)2-10(15)16/h3-4,6H,2,5H2,1H3. The van der Waals surface area contributed by atoms with E-state index in [1.54, 1.807) is 24.1 Å². The minimum atomic E-state index is 0.0688. The van der Waals surface area contributed by atoms with Crippen LogP contribution in [0.2, 0.25) is 5.02 Å². The van der Waals surface area contributed by atoms with Crippen LogP contribution in [0.15, 0.2) is 16.6 Å². The Labute approximate surface area is 121 Å². The van der Waals surface area contributed by atoms with Gasteiger partial charge >= 0.3 is 0 Å². The van der Waals surface area contributed by atoms with E-state index in [0.29, 0.717) is 29.4 Å². The first-order chi connectivity index (χ1) is 8.02. The summed E-state index contributed by atoms with van der Waals surface area (Å²) >= 11 is 12.8. The normalized spacial score (nSPS) is 19.9. The Bertz CT molecular complexity index is 467. The van der Waals surface area contributed by atoms with E-state index < -0.39 is 0 Å². The highest BCUT2D eigenvalue weighted by Gasteiger charge is 2.31. The maximum absolute atomic E-state index is 11.9. The van der Waals surface area contributed by atoms with Crippen LogP contribution < -0.4 is 9.64 Å². The minimum Gasteiger partial charge on any atom is -0.493 e. The Morgan fingerprint density at radius 2 is 2.24 bits per heavy atom. The van der Waals surface area contributed by atoms with Crippen molar-refractivity contribution in [2.75, 3.05) is 18.6 Å². The predicted octanol–water partition coefficient (Wildman–Crippen LogP) is 3.61. The predicted molar refractivity (Wildman–Crippen MR) is 75.4 cm³/mol. The molecule has 92 valence electrons. The van der Waals surface area contributed by atoms with Crippen LogP contribution in [0.5, 0.6) is 5.75 Å². The van der Waals surface area contributed by atoms with Crippen molar-refractivity contribution in [2.45, 2.75) is 11.2 Å². The second-order valence-electron chi connectivity index (χ2n) is 3.75. The number of carbonyl (C=O) groups excluding carboxylic acids is 1. The molecular formula is C11H10Br2ClNO2. The lowest BCUT2D eigenvalue weighted by molar-refractivity contribution is -0.117. The first-order valence-electron chi connectivity index (χ1n) is 5.00. The molecule has 1 fully saturated rings. The fourth-order valence-electron chi connectivity index (χ4n) is 1.85. The van der Waals surface area contributed by atoms with Gasteiger partial charge in [-0.25, -0.2) is 0 Å². The Morgan fingerprint density at radius 1 is 1.53 bits per heavy atom. The summed E-state index contributed by atoms with van der Waals surface area (Å²) in [4.78, 5) is 13.7. The zero-order valence-corrected chi connectivity index (χ0v) is 13.0. The van der Waals surface area contributed by atoms with E-state index >= 15 is 0 Å². The molecule has 2 rings (SSSR count). The molecule has 0 aromatic heterocycles. The Morgan fingerprint density at radius 3 is 2.76 bits per heavy atom. The summed E-state index contributed by atoms with van der Waals surface area (Å²) in [7, 11) is 1.57. The zero-order chi connectivity index (χ0) is 12.6. The fraction of sp³-hybridized carbons (Fsp3) is 0.364. The maximum Gasteiger partial charge on any atom is 0.228 e. The molecule has 3 nitrogen and oxygen atoms in total. The summed E-state index contributed by atoms with van der Waals surface area (Å²) in [6, 6.07) is 3.49. The van der Waals surface area contributed by atoms with E-state index in [9.17, 15) is 4.79 Å². The third kappa shape index (κ3) is 2.61. The molecule has 1 saturated heterocycles. The molecule has 1 aromatic rings. The second kappa shape index (κ2) is 5.16. The van der Waals surface area contributed by atoms with Gasteiger partial charge < -0.3 is 9.64 Å². The fourth-order valence-corrected chi connectivity index (χ4v) is 3.37. The summed E-state index contributed by atoms with van der Waals surface area (Å²) in [6.07, 6.45) is 0.493. The molecule has 1 aliphatic heterocycles. The van der Waals surface area contributed by atoms with E-state index in [-0.39, 0.29) is 10.7 Å². The first-order valence-corrected chi connectivity index (χ1v) is 7.09. The average molecular weight is 383 g/mol. The molecule has 0 spiro atoms. The molecule has 0 saturated carbocycles. The number of hydrogen-bond donors (Lipinski definition) is 0. The quantitative estimate of drug-likeness (QED) is 0.730. The molecule has 1 heterocycles. The van der Waals surface area contributed by atoms with Gasteiger partial charge in [0.05, 0.1) is 17.3 Å². The maximum atomic E-state index is 11.9. The van der Waals surface area contributed by atoms with Crippen LogP contribution in [0, 0.1) is 0 Å². The number of nitrogens with zero attached hydrogens (tertiary/aromatic N) is 1. The Balaban J connectivity index is 2.47. The van der Waals surface area contributed by atoms with Gasteiger partial charge in [0, 0.05) is 22.8 Å². The van der Waals surface area contributed by atoms with Gasteiger partial charge in [-0.1, -0.05) is 27.5 Å². The smallest absolute Gasteiger partial charge is 0.228 e. The van der Waals surface area contributed by atoms with Crippen LogP contribution in [0.3, 0.4) is 0 Å². The molecule has 0 bridgehead atoms. The zero-order valence-electron chi connectivity index (χ0n) is 9.04. The van der Waals surface area contributed by atoms with E-state index in [0.717, 1.165) is 4.47 Å². The molecule has 1 aromatic carbocycles. The van der Waals surface area contributed by atoms with Crippen molar-refractivity contribution >= 4 is 55.1 Å². The first kappa shape index (κ1) is 13.2. The number of hydrogen-bond acceptors (Lipinski definition) is 2. The monoisotopic (exact) mass is 381 g/mol. The number of methoxy groups -OCH3 is 1. The topological polar surface area (TPSA) is 29.5 Å².